The molecule has 0 fully saturated rings. The van der Waals surface area contributed by atoms with Gasteiger partial charge in [-0.15, -0.1) is 0 Å². The first-order valence-electron chi connectivity index (χ1n) is 6.06. The van der Waals surface area contributed by atoms with Crippen LogP contribution in [0.25, 0.3) is 0 Å². The van der Waals surface area contributed by atoms with Crippen LogP contribution in [-0.2, 0) is 5.41 Å². The largest absolute Gasteiger partial charge is 0.383 e. The number of hydrogen-bond donors (Lipinski definition) is 2. The molecular formula is C14H24N2. The third-order valence-electron chi connectivity index (χ3n) is 3.20. The Bertz CT molecular complexity index is 314. The Labute approximate surface area is 99.2 Å². The number of anilines is 1. The van der Waals surface area contributed by atoms with Crippen molar-refractivity contribution in [3.05, 3.63) is 29.8 Å². The summed E-state index contributed by atoms with van der Waals surface area (Å²) in [6, 6.07) is 9.13. The molecule has 16 heavy (non-hydrogen) atoms. The summed E-state index contributed by atoms with van der Waals surface area (Å²) in [4.78, 5) is 0. The van der Waals surface area contributed by atoms with Gasteiger partial charge < -0.3 is 11.1 Å². The van der Waals surface area contributed by atoms with Gasteiger partial charge in [-0.25, -0.2) is 0 Å². The first-order chi connectivity index (χ1) is 7.49. The van der Waals surface area contributed by atoms with Crippen molar-refractivity contribution < 1.29 is 0 Å². The highest BCUT2D eigenvalue weighted by Crippen LogP contribution is 2.23. The average Bonchev–Trinajstić information content (AvgIpc) is 2.29. The van der Waals surface area contributed by atoms with E-state index >= 15 is 0 Å². The van der Waals surface area contributed by atoms with Crippen LogP contribution in [0.4, 0.5) is 5.69 Å². The second kappa shape index (κ2) is 5.35. The molecule has 0 radical (unpaired) electrons. The molecular weight excluding hydrogens is 196 g/mol. The molecule has 0 aliphatic carbocycles. The smallest absolute Gasteiger partial charge is 0.0342 e. The van der Waals surface area contributed by atoms with Crippen molar-refractivity contribution in [3.63, 3.8) is 0 Å². The minimum Gasteiger partial charge on any atom is -0.383 e. The molecule has 0 heterocycles. The number of rotatable bonds is 5. The van der Waals surface area contributed by atoms with Gasteiger partial charge in [0.15, 0.2) is 0 Å². The van der Waals surface area contributed by atoms with E-state index in [9.17, 15) is 0 Å². The minimum absolute atomic E-state index is 0.0644. The van der Waals surface area contributed by atoms with Crippen LogP contribution in [0.5, 0.6) is 0 Å². The number of hydrogen-bond acceptors (Lipinski definition) is 2. The van der Waals surface area contributed by atoms with E-state index in [-0.39, 0.29) is 5.41 Å². The van der Waals surface area contributed by atoms with Gasteiger partial charge in [-0.2, -0.15) is 0 Å². The predicted molar refractivity (Wildman–Crippen MR) is 71.9 cm³/mol. The standard InChI is InChI=1S/C14H24N2/c1-5-11(2)16-13-8-6-12(7-9-13)14(3,4)10-15/h6-9,11,16H,5,10,15H2,1-4H3. The summed E-state index contributed by atoms with van der Waals surface area (Å²) in [6.07, 6.45) is 1.13. The van der Waals surface area contributed by atoms with Crippen molar-refractivity contribution in [2.24, 2.45) is 5.73 Å². The Hall–Kier alpha value is -1.02. The van der Waals surface area contributed by atoms with Crippen molar-refractivity contribution in [3.8, 4) is 0 Å². The molecule has 0 saturated heterocycles. The second-order valence-corrected chi connectivity index (χ2v) is 5.12. The molecule has 0 bridgehead atoms. The molecule has 0 saturated carbocycles. The fourth-order valence-electron chi connectivity index (χ4n) is 1.52. The summed E-state index contributed by atoms with van der Waals surface area (Å²) in [5, 5.41) is 3.46. The van der Waals surface area contributed by atoms with Crippen molar-refractivity contribution in [2.75, 3.05) is 11.9 Å². The molecule has 90 valence electrons. The lowest BCUT2D eigenvalue weighted by atomic mass is 9.85. The number of benzene rings is 1. The lowest BCUT2D eigenvalue weighted by Gasteiger charge is -2.23. The van der Waals surface area contributed by atoms with E-state index in [0.29, 0.717) is 12.6 Å². The predicted octanol–water partition coefficient (Wildman–Crippen LogP) is 3.13. The molecule has 1 atom stereocenters. The average molecular weight is 220 g/mol. The van der Waals surface area contributed by atoms with Gasteiger partial charge in [0.1, 0.15) is 0 Å². The summed E-state index contributed by atoms with van der Waals surface area (Å²) in [5.74, 6) is 0. The van der Waals surface area contributed by atoms with Crippen molar-refractivity contribution >= 4 is 5.69 Å². The van der Waals surface area contributed by atoms with Gasteiger partial charge in [0.2, 0.25) is 0 Å². The van der Waals surface area contributed by atoms with Crippen LogP contribution < -0.4 is 11.1 Å². The van der Waals surface area contributed by atoms with E-state index < -0.39 is 0 Å². The highest BCUT2D eigenvalue weighted by molar-refractivity contribution is 5.46. The van der Waals surface area contributed by atoms with Crippen LogP contribution in [0.3, 0.4) is 0 Å². The summed E-state index contributed by atoms with van der Waals surface area (Å²) in [5.41, 5.74) is 8.31. The molecule has 1 aromatic rings. The minimum atomic E-state index is 0.0644. The first-order valence-corrected chi connectivity index (χ1v) is 6.06. The van der Waals surface area contributed by atoms with Gasteiger partial charge >= 0.3 is 0 Å². The number of nitrogens with two attached hydrogens (primary N) is 1. The Morgan fingerprint density at radius 1 is 1.25 bits per heavy atom. The molecule has 1 aromatic carbocycles. The van der Waals surface area contributed by atoms with Crippen molar-refractivity contribution in [1.29, 1.82) is 0 Å². The van der Waals surface area contributed by atoms with Gasteiger partial charge in [-0.1, -0.05) is 32.9 Å². The highest BCUT2D eigenvalue weighted by atomic mass is 14.9. The summed E-state index contributed by atoms with van der Waals surface area (Å²) < 4.78 is 0. The molecule has 2 heteroatoms. The Balaban J connectivity index is 2.75. The SMILES string of the molecule is CCC(C)Nc1ccc(C(C)(C)CN)cc1. The highest BCUT2D eigenvalue weighted by Gasteiger charge is 2.17. The van der Waals surface area contributed by atoms with Crippen LogP contribution in [0.15, 0.2) is 24.3 Å². The zero-order valence-electron chi connectivity index (χ0n) is 10.9. The molecule has 1 rings (SSSR count). The van der Waals surface area contributed by atoms with E-state index in [2.05, 4.69) is 57.3 Å². The quantitative estimate of drug-likeness (QED) is 0.800. The Kier molecular flexibility index (Phi) is 4.36. The van der Waals surface area contributed by atoms with Gasteiger partial charge in [0, 0.05) is 23.7 Å². The first kappa shape index (κ1) is 13.0. The molecule has 0 amide bonds. The summed E-state index contributed by atoms with van der Waals surface area (Å²) in [6.45, 7) is 9.39. The maximum Gasteiger partial charge on any atom is 0.0342 e. The van der Waals surface area contributed by atoms with Crippen LogP contribution in [0, 0.1) is 0 Å². The van der Waals surface area contributed by atoms with Gasteiger partial charge in [-0.05, 0) is 31.0 Å². The summed E-state index contributed by atoms with van der Waals surface area (Å²) in [7, 11) is 0. The molecule has 0 aliphatic heterocycles. The molecule has 3 N–H and O–H groups in total. The molecule has 0 spiro atoms. The van der Waals surface area contributed by atoms with Crippen molar-refractivity contribution in [1.82, 2.24) is 0 Å². The van der Waals surface area contributed by atoms with Crippen LogP contribution >= 0.6 is 0 Å². The monoisotopic (exact) mass is 220 g/mol. The third kappa shape index (κ3) is 3.24. The Morgan fingerprint density at radius 3 is 2.25 bits per heavy atom. The zero-order chi connectivity index (χ0) is 12.2. The molecule has 1 unspecified atom stereocenters. The van der Waals surface area contributed by atoms with Gasteiger partial charge in [0.25, 0.3) is 0 Å². The van der Waals surface area contributed by atoms with Crippen LogP contribution in [0.2, 0.25) is 0 Å². The molecule has 2 nitrogen and oxygen atoms in total. The fraction of sp³-hybridized carbons (Fsp3) is 0.571. The van der Waals surface area contributed by atoms with E-state index in [0.717, 1.165) is 6.42 Å². The zero-order valence-corrected chi connectivity index (χ0v) is 10.9. The lowest BCUT2D eigenvalue weighted by Crippen LogP contribution is -2.28. The normalized spacial score (nSPS) is 13.6. The van der Waals surface area contributed by atoms with E-state index in [1.807, 2.05) is 0 Å². The second-order valence-electron chi connectivity index (χ2n) is 5.12. The molecule has 0 aromatic heterocycles. The van der Waals surface area contributed by atoms with Gasteiger partial charge in [0.05, 0.1) is 0 Å². The van der Waals surface area contributed by atoms with E-state index in [1.165, 1.54) is 11.3 Å². The maximum atomic E-state index is 5.76. The maximum absolute atomic E-state index is 5.76. The topological polar surface area (TPSA) is 38.0 Å². The fourth-order valence-corrected chi connectivity index (χ4v) is 1.52. The van der Waals surface area contributed by atoms with Crippen LogP contribution in [-0.4, -0.2) is 12.6 Å². The van der Waals surface area contributed by atoms with Gasteiger partial charge in [-0.3, -0.25) is 0 Å². The lowest BCUT2D eigenvalue weighted by molar-refractivity contribution is 0.539. The van der Waals surface area contributed by atoms with Crippen LogP contribution in [0.1, 0.15) is 39.7 Å². The van der Waals surface area contributed by atoms with Crippen molar-refractivity contribution in [2.45, 2.75) is 45.6 Å². The van der Waals surface area contributed by atoms with E-state index in [1.54, 1.807) is 0 Å². The number of nitrogens with one attached hydrogen (secondary N) is 1. The Morgan fingerprint density at radius 2 is 1.81 bits per heavy atom. The molecule has 0 aliphatic rings. The summed E-state index contributed by atoms with van der Waals surface area (Å²) >= 11 is 0. The third-order valence-corrected chi connectivity index (χ3v) is 3.20. The van der Waals surface area contributed by atoms with E-state index in [4.69, 9.17) is 5.73 Å².